The Balaban J connectivity index is 2.16. The summed E-state index contributed by atoms with van der Waals surface area (Å²) in [5, 5.41) is 10.1. The first kappa shape index (κ1) is 25.1. The van der Waals surface area contributed by atoms with E-state index in [1.165, 1.54) is 18.2 Å². The van der Waals surface area contributed by atoms with Crippen molar-refractivity contribution in [1.29, 1.82) is 0 Å². The van der Waals surface area contributed by atoms with Gasteiger partial charge in [0, 0.05) is 12.0 Å². The maximum Gasteiger partial charge on any atom is 0.338 e. The summed E-state index contributed by atoms with van der Waals surface area (Å²) in [5.41, 5.74) is 0.580. The molecule has 4 nitrogen and oxygen atoms in total. The van der Waals surface area contributed by atoms with Crippen LogP contribution in [0.25, 0.3) is 27.1 Å². The molecule has 0 unspecified atom stereocenters. The molecular weight excluding hydrogens is 436 g/mol. The number of ether oxygens (including phenoxy) is 1. The van der Waals surface area contributed by atoms with Gasteiger partial charge >= 0.3 is 5.97 Å². The van der Waals surface area contributed by atoms with Crippen molar-refractivity contribution in [3.8, 4) is 22.3 Å². The minimum Gasteiger partial charge on any atom is -0.456 e. The van der Waals surface area contributed by atoms with Gasteiger partial charge in [0.05, 0.1) is 17.7 Å². The second-order valence-corrected chi connectivity index (χ2v) is 9.84. The van der Waals surface area contributed by atoms with Gasteiger partial charge in [0.15, 0.2) is 0 Å². The molecule has 0 bridgehead atoms. The molecule has 3 aromatic carbocycles. The van der Waals surface area contributed by atoms with Crippen molar-refractivity contribution in [1.82, 2.24) is 0 Å². The molecule has 1 N–H and O–H groups in total. The Kier molecular flexibility index (Phi) is 6.90. The monoisotopic (exact) mass is 463 g/mol. The summed E-state index contributed by atoms with van der Waals surface area (Å²) in [5.74, 6) is -1.77. The fraction of sp³-hybridized carbons (Fsp3) is 0.286. The molecule has 0 spiro atoms. The molecule has 34 heavy (non-hydrogen) atoms. The number of halogens is 2. The van der Waals surface area contributed by atoms with Crippen molar-refractivity contribution in [2.45, 2.75) is 52.2 Å². The third-order valence-electron chi connectivity index (χ3n) is 4.99. The highest BCUT2D eigenvalue weighted by Crippen LogP contribution is 2.37. The third kappa shape index (κ3) is 6.06. The topological polar surface area (TPSA) is 50.9 Å². The number of rotatable bonds is 5. The van der Waals surface area contributed by atoms with Crippen LogP contribution in [0.1, 0.15) is 50.5 Å². The first-order valence-electron chi connectivity index (χ1n) is 10.8. The fourth-order valence-electron chi connectivity index (χ4n) is 3.63. The second-order valence-electron chi connectivity index (χ2n) is 9.84. The molecule has 0 atom stereocenters. The number of esters is 1. The SMILES string of the molecule is [C-]#[N+]c1ccc(-c2cc(C(=O)OC(C)(C)C)ccc2-c2ccc(CC(C)(C)O)cc2F)cc1F. The Morgan fingerprint density at radius 2 is 1.59 bits per heavy atom. The summed E-state index contributed by atoms with van der Waals surface area (Å²) in [6.07, 6.45) is 0.276. The van der Waals surface area contributed by atoms with E-state index in [9.17, 15) is 14.3 Å². The van der Waals surface area contributed by atoms with Crippen molar-refractivity contribution in [3.05, 3.63) is 88.8 Å². The highest BCUT2D eigenvalue weighted by atomic mass is 19.1. The van der Waals surface area contributed by atoms with E-state index < -0.39 is 28.8 Å². The average Bonchev–Trinajstić information content (AvgIpc) is 2.71. The van der Waals surface area contributed by atoms with Crippen molar-refractivity contribution < 1.29 is 23.4 Å². The number of carbonyl (C=O) groups is 1. The second kappa shape index (κ2) is 9.36. The van der Waals surface area contributed by atoms with Crippen LogP contribution in [0.4, 0.5) is 14.5 Å². The zero-order valence-electron chi connectivity index (χ0n) is 19.9. The van der Waals surface area contributed by atoms with E-state index in [1.807, 2.05) is 0 Å². The molecule has 3 rings (SSSR count). The number of hydrogen-bond acceptors (Lipinski definition) is 3. The van der Waals surface area contributed by atoms with Gasteiger partial charge in [0.25, 0.3) is 0 Å². The standard InChI is InChI=1S/C28H27F2NO3/c1-27(2,3)34-26(32)19-8-11-20(21-10-7-17(13-23(21)29)16-28(4,5)33)22(14-19)18-9-12-25(31-6)24(30)15-18/h7-15,33H,16H2,1-5H3. The Labute approximate surface area is 198 Å². The Bertz CT molecular complexity index is 1280. The van der Waals surface area contributed by atoms with Gasteiger partial charge in [-0.3, -0.25) is 0 Å². The lowest BCUT2D eigenvalue weighted by atomic mass is 9.90. The molecule has 0 fully saturated rings. The molecule has 0 heterocycles. The van der Waals surface area contributed by atoms with Crippen LogP contribution in [0.2, 0.25) is 0 Å². The lowest BCUT2D eigenvalue weighted by Crippen LogP contribution is -2.23. The van der Waals surface area contributed by atoms with Gasteiger partial charge in [-0.25, -0.2) is 18.4 Å². The highest BCUT2D eigenvalue weighted by molar-refractivity contribution is 5.95. The normalized spacial score (nSPS) is 11.7. The van der Waals surface area contributed by atoms with Crippen molar-refractivity contribution in [2.75, 3.05) is 0 Å². The predicted molar refractivity (Wildman–Crippen MR) is 129 cm³/mol. The summed E-state index contributed by atoms with van der Waals surface area (Å²) in [6.45, 7) is 15.6. The summed E-state index contributed by atoms with van der Waals surface area (Å²) < 4.78 is 35.1. The number of aliphatic hydroxyl groups is 1. The van der Waals surface area contributed by atoms with Crippen LogP contribution in [0, 0.1) is 18.2 Å². The first-order chi connectivity index (χ1) is 15.8. The molecular formula is C28H27F2NO3. The average molecular weight is 464 g/mol. The fourth-order valence-corrected chi connectivity index (χ4v) is 3.63. The van der Waals surface area contributed by atoms with Crippen LogP contribution in [0.15, 0.2) is 54.6 Å². The summed E-state index contributed by atoms with van der Waals surface area (Å²) >= 11 is 0. The molecule has 0 aliphatic heterocycles. The van der Waals surface area contributed by atoms with Gasteiger partial charge in [-0.1, -0.05) is 30.3 Å². The zero-order valence-corrected chi connectivity index (χ0v) is 19.9. The molecule has 0 aliphatic rings. The van der Waals surface area contributed by atoms with Crippen LogP contribution >= 0.6 is 0 Å². The third-order valence-corrected chi connectivity index (χ3v) is 4.99. The van der Waals surface area contributed by atoms with E-state index in [-0.39, 0.29) is 23.2 Å². The van der Waals surface area contributed by atoms with E-state index >= 15 is 4.39 Å². The molecule has 6 heteroatoms. The van der Waals surface area contributed by atoms with E-state index in [0.29, 0.717) is 22.3 Å². The van der Waals surface area contributed by atoms with Gasteiger partial charge in [0.2, 0.25) is 5.69 Å². The smallest absolute Gasteiger partial charge is 0.338 e. The van der Waals surface area contributed by atoms with Crippen molar-refractivity contribution in [3.63, 3.8) is 0 Å². The Hall–Kier alpha value is -3.56. The van der Waals surface area contributed by atoms with E-state index in [0.717, 1.165) is 0 Å². The minimum atomic E-state index is -0.990. The van der Waals surface area contributed by atoms with Crippen LogP contribution in [0.5, 0.6) is 0 Å². The van der Waals surface area contributed by atoms with Gasteiger partial charge in [-0.15, -0.1) is 0 Å². The highest BCUT2D eigenvalue weighted by Gasteiger charge is 2.21. The molecule has 176 valence electrons. The van der Waals surface area contributed by atoms with Gasteiger partial charge in [-0.05, 0) is 81.1 Å². The van der Waals surface area contributed by atoms with Gasteiger partial charge < -0.3 is 9.84 Å². The summed E-state index contributed by atoms with van der Waals surface area (Å²) in [6, 6.07) is 13.5. The number of hydrogen-bond donors (Lipinski definition) is 1. The molecule has 0 saturated carbocycles. The minimum absolute atomic E-state index is 0.129. The summed E-state index contributed by atoms with van der Waals surface area (Å²) in [4.78, 5) is 15.8. The van der Waals surface area contributed by atoms with E-state index in [1.54, 1.807) is 71.0 Å². The molecule has 0 saturated heterocycles. The van der Waals surface area contributed by atoms with Gasteiger partial charge in [0.1, 0.15) is 17.2 Å². The zero-order chi connectivity index (χ0) is 25.3. The largest absolute Gasteiger partial charge is 0.456 e. The molecule has 0 aliphatic carbocycles. The maximum absolute atomic E-state index is 15.2. The summed E-state index contributed by atoms with van der Waals surface area (Å²) in [7, 11) is 0. The molecule has 0 amide bonds. The van der Waals surface area contributed by atoms with E-state index in [2.05, 4.69) is 4.85 Å². The van der Waals surface area contributed by atoms with Crippen LogP contribution in [-0.2, 0) is 11.2 Å². The molecule has 0 aromatic heterocycles. The Morgan fingerprint density at radius 3 is 2.15 bits per heavy atom. The van der Waals surface area contributed by atoms with Crippen molar-refractivity contribution in [2.24, 2.45) is 0 Å². The quantitative estimate of drug-likeness (QED) is 0.324. The van der Waals surface area contributed by atoms with Crippen LogP contribution < -0.4 is 0 Å². The maximum atomic E-state index is 15.2. The lowest BCUT2D eigenvalue weighted by molar-refractivity contribution is 0.00694. The first-order valence-corrected chi connectivity index (χ1v) is 10.8. The lowest BCUT2D eigenvalue weighted by Gasteiger charge is -2.20. The molecule has 0 radical (unpaired) electrons. The van der Waals surface area contributed by atoms with Crippen LogP contribution in [0.3, 0.4) is 0 Å². The number of carbonyl (C=O) groups excluding carboxylic acids is 1. The van der Waals surface area contributed by atoms with Crippen LogP contribution in [-0.4, -0.2) is 22.3 Å². The number of nitrogens with zero attached hydrogens (tertiary/aromatic N) is 1. The van der Waals surface area contributed by atoms with Gasteiger partial charge in [-0.2, -0.15) is 0 Å². The molecule has 3 aromatic rings. The predicted octanol–water partition coefficient (Wildman–Crippen LogP) is 7.12. The van der Waals surface area contributed by atoms with Crippen molar-refractivity contribution >= 4 is 11.7 Å². The van der Waals surface area contributed by atoms with E-state index in [4.69, 9.17) is 11.3 Å². The number of benzene rings is 3. The Morgan fingerprint density at radius 1 is 0.912 bits per heavy atom.